The van der Waals surface area contributed by atoms with Crippen LogP contribution in [0.3, 0.4) is 0 Å². The number of hydrogen-bond acceptors (Lipinski definition) is 4. The standard InChI is InChI=1S/C10H8F2N2OS/c11-6-2-7(12)8(13)1-5(6)10-9(3-15)16-4-14-10/h1-2,4,15H,3,13H2. The Morgan fingerprint density at radius 2 is 2.06 bits per heavy atom. The molecule has 0 amide bonds. The highest BCUT2D eigenvalue weighted by molar-refractivity contribution is 7.10. The zero-order valence-electron chi connectivity index (χ0n) is 8.08. The summed E-state index contributed by atoms with van der Waals surface area (Å²) in [7, 11) is 0. The van der Waals surface area contributed by atoms with Gasteiger partial charge in [-0.15, -0.1) is 11.3 Å². The lowest BCUT2D eigenvalue weighted by molar-refractivity contribution is 0.286. The number of anilines is 1. The second-order valence-corrected chi connectivity index (χ2v) is 4.08. The van der Waals surface area contributed by atoms with Gasteiger partial charge in [-0.1, -0.05) is 0 Å². The molecule has 0 aliphatic carbocycles. The Morgan fingerprint density at radius 3 is 2.75 bits per heavy atom. The molecule has 0 aliphatic heterocycles. The number of thiazole rings is 1. The summed E-state index contributed by atoms with van der Waals surface area (Å²) in [4.78, 5) is 4.45. The summed E-state index contributed by atoms with van der Waals surface area (Å²) in [5.74, 6) is -1.55. The van der Waals surface area contributed by atoms with Crippen LogP contribution in [0.15, 0.2) is 17.6 Å². The molecule has 0 radical (unpaired) electrons. The van der Waals surface area contributed by atoms with E-state index in [1.54, 1.807) is 0 Å². The molecule has 3 nitrogen and oxygen atoms in total. The lowest BCUT2D eigenvalue weighted by Crippen LogP contribution is -1.96. The van der Waals surface area contributed by atoms with E-state index in [9.17, 15) is 8.78 Å². The summed E-state index contributed by atoms with van der Waals surface area (Å²) in [6.07, 6.45) is 0. The van der Waals surface area contributed by atoms with Crippen LogP contribution in [0.5, 0.6) is 0 Å². The molecule has 0 fully saturated rings. The first-order valence-electron chi connectivity index (χ1n) is 4.41. The highest BCUT2D eigenvalue weighted by Gasteiger charge is 2.15. The van der Waals surface area contributed by atoms with E-state index in [2.05, 4.69) is 4.98 Å². The van der Waals surface area contributed by atoms with Gasteiger partial charge in [-0.25, -0.2) is 13.8 Å². The van der Waals surface area contributed by atoms with Gasteiger partial charge in [0.15, 0.2) is 0 Å². The second-order valence-electron chi connectivity index (χ2n) is 3.14. The number of aromatic nitrogens is 1. The Kier molecular flexibility index (Phi) is 2.84. The van der Waals surface area contributed by atoms with E-state index in [4.69, 9.17) is 10.8 Å². The van der Waals surface area contributed by atoms with Crippen LogP contribution in [0.4, 0.5) is 14.5 Å². The van der Waals surface area contributed by atoms with Gasteiger partial charge in [0.05, 0.1) is 28.4 Å². The van der Waals surface area contributed by atoms with Gasteiger partial charge >= 0.3 is 0 Å². The first kappa shape index (κ1) is 11.0. The quantitative estimate of drug-likeness (QED) is 0.793. The summed E-state index contributed by atoms with van der Waals surface area (Å²) in [5, 5.41) is 9.03. The van der Waals surface area contributed by atoms with Gasteiger partial charge in [-0.05, 0) is 6.07 Å². The molecule has 1 aromatic carbocycles. The Morgan fingerprint density at radius 1 is 1.31 bits per heavy atom. The fourth-order valence-corrected chi connectivity index (χ4v) is 1.98. The van der Waals surface area contributed by atoms with Crippen molar-refractivity contribution in [2.24, 2.45) is 0 Å². The highest BCUT2D eigenvalue weighted by Crippen LogP contribution is 2.30. The number of rotatable bonds is 2. The normalized spacial score (nSPS) is 10.7. The lowest BCUT2D eigenvalue weighted by Gasteiger charge is -2.04. The maximum Gasteiger partial charge on any atom is 0.149 e. The topological polar surface area (TPSA) is 59.1 Å². The van der Waals surface area contributed by atoms with Crippen molar-refractivity contribution in [1.29, 1.82) is 0 Å². The smallest absolute Gasteiger partial charge is 0.149 e. The number of nitrogens with zero attached hydrogens (tertiary/aromatic N) is 1. The number of nitrogen functional groups attached to an aromatic ring is 1. The number of hydrogen-bond donors (Lipinski definition) is 2. The average Bonchev–Trinajstić information content (AvgIpc) is 2.71. The van der Waals surface area contributed by atoms with Crippen molar-refractivity contribution in [2.75, 3.05) is 5.73 Å². The van der Waals surface area contributed by atoms with E-state index in [0.717, 1.165) is 0 Å². The Hall–Kier alpha value is -1.53. The fraction of sp³-hybridized carbons (Fsp3) is 0.100. The van der Waals surface area contributed by atoms with Crippen LogP contribution in [-0.4, -0.2) is 10.1 Å². The molecule has 16 heavy (non-hydrogen) atoms. The van der Waals surface area contributed by atoms with E-state index in [0.29, 0.717) is 16.6 Å². The predicted octanol–water partition coefficient (Wildman–Crippen LogP) is 2.16. The van der Waals surface area contributed by atoms with Gasteiger partial charge in [-0.2, -0.15) is 0 Å². The molecule has 0 bridgehead atoms. The first-order valence-corrected chi connectivity index (χ1v) is 5.29. The molecular weight excluding hydrogens is 234 g/mol. The van der Waals surface area contributed by atoms with Crippen molar-refractivity contribution in [3.05, 3.63) is 34.2 Å². The van der Waals surface area contributed by atoms with Gasteiger partial charge in [0.2, 0.25) is 0 Å². The monoisotopic (exact) mass is 242 g/mol. The lowest BCUT2D eigenvalue weighted by atomic mass is 10.1. The third-order valence-electron chi connectivity index (χ3n) is 2.13. The molecule has 1 heterocycles. The minimum Gasteiger partial charge on any atom is -0.396 e. The van der Waals surface area contributed by atoms with Crippen molar-refractivity contribution in [1.82, 2.24) is 4.98 Å². The second kappa shape index (κ2) is 4.15. The van der Waals surface area contributed by atoms with Crippen LogP contribution in [0, 0.1) is 11.6 Å². The molecule has 2 rings (SSSR count). The maximum atomic E-state index is 13.5. The van der Waals surface area contributed by atoms with Crippen molar-refractivity contribution >= 4 is 17.0 Å². The summed E-state index contributed by atoms with van der Waals surface area (Å²) in [6.45, 7) is -0.239. The zero-order valence-corrected chi connectivity index (χ0v) is 8.89. The first-order chi connectivity index (χ1) is 7.63. The molecule has 84 valence electrons. The molecule has 0 saturated carbocycles. The molecule has 0 unspecified atom stereocenters. The largest absolute Gasteiger partial charge is 0.396 e. The maximum absolute atomic E-state index is 13.5. The molecule has 2 aromatic rings. The SMILES string of the molecule is Nc1cc(-c2ncsc2CO)c(F)cc1F. The van der Waals surface area contributed by atoms with E-state index in [1.807, 2.05) is 0 Å². The van der Waals surface area contributed by atoms with Crippen LogP contribution in [0.25, 0.3) is 11.3 Å². The molecule has 0 aliphatic rings. The van der Waals surface area contributed by atoms with Crippen LogP contribution in [-0.2, 0) is 6.61 Å². The summed E-state index contributed by atoms with van der Waals surface area (Å²) in [5.41, 5.74) is 7.10. The molecule has 0 atom stereocenters. The fourth-order valence-electron chi connectivity index (χ4n) is 1.35. The molecule has 0 saturated heterocycles. The Balaban J connectivity index is 2.60. The van der Waals surface area contributed by atoms with E-state index >= 15 is 0 Å². The number of aliphatic hydroxyl groups excluding tert-OH is 1. The van der Waals surface area contributed by atoms with Gasteiger partial charge < -0.3 is 10.8 Å². The third kappa shape index (κ3) is 1.77. The highest BCUT2D eigenvalue weighted by atomic mass is 32.1. The average molecular weight is 242 g/mol. The van der Waals surface area contributed by atoms with Gasteiger partial charge in [0.25, 0.3) is 0 Å². The van der Waals surface area contributed by atoms with Crippen LogP contribution in [0.1, 0.15) is 4.88 Å². The third-order valence-corrected chi connectivity index (χ3v) is 2.94. The van der Waals surface area contributed by atoms with Crippen molar-refractivity contribution < 1.29 is 13.9 Å². The van der Waals surface area contributed by atoms with Crippen LogP contribution in [0.2, 0.25) is 0 Å². The van der Waals surface area contributed by atoms with Crippen molar-refractivity contribution in [3.63, 3.8) is 0 Å². The minimum atomic E-state index is -0.804. The van der Waals surface area contributed by atoms with Crippen molar-refractivity contribution in [2.45, 2.75) is 6.61 Å². The summed E-state index contributed by atoms with van der Waals surface area (Å²) < 4.78 is 26.4. The molecule has 1 aromatic heterocycles. The molecule has 3 N–H and O–H groups in total. The molecule has 0 spiro atoms. The van der Waals surface area contributed by atoms with Crippen molar-refractivity contribution in [3.8, 4) is 11.3 Å². The zero-order chi connectivity index (χ0) is 11.7. The minimum absolute atomic E-state index is 0.101. The van der Waals surface area contributed by atoms with E-state index in [-0.39, 0.29) is 17.9 Å². The van der Waals surface area contributed by atoms with Crippen LogP contribution < -0.4 is 5.73 Å². The number of benzene rings is 1. The van der Waals surface area contributed by atoms with Gasteiger partial charge in [0.1, 0.15) is 11.6 Å². The summed E-state index contributed by atoms with van der Waals surface area (Å²) >= 11 is 1.20. The van der Waals surface area contributed by atoms with Crippen LogP contribution >= 0.6 is 11.3 Å². The Bertz CT molecular complexity index is 528. The Labute approximate surface area is 94.2 Å². The molecule has 6 heteroatoms. The van der Waals surface area contributed by atoms with E-state index in [1.165, 1.54) is 22.9 Å². The number of halogens is 2. The number of nitrogens with two attached hydrogens (primary N) is 1. The number of aliphatic hydroxyl groups is 1. The van der Waals surface area contributed by atoms with Gasteiger partial charge in [0, 0.05) is 11.6 Å². The predicted molar refractivity (Wildman–Crippen MR) is 57.8 cm³/mol. The van der Waals surface area contributed by atoms with Gasteiger partial charge in [-0.3, -0.25) is 0 Å². The van der Waals surface area contributed by atoms with E-state index < -0.39 is 11.6 Å². The summed E-state index contributed by atoms with van der Waals surface area (Å²) in [6, 6.07) is 1.89. The molecular formula is C10H8F2N2OS.